The van der Waals surface area contributed by atoms with Crippen LogP contribution in [0.1, 0.15) is 25.7 Å². The first-order valence-electron chi connectivity index (χ1n) is 4.19. The Kier molecular flexibility index (Phi) is 4.64. The number of carboxylic acid groups (broad SMARTS) is 1. The molecule has 0 spiro atoms. The average molecular weight is 212 g/mol. The van der Waals surface area contributed by atoms with Crippen molar-refractivity contribution < 1.29 is 14.3 Å². The van der Waals surface area contributed by atoms with Crippen LogP contribution >= 0.6 is 12.4 Å². The number of aliphatic carboxylic acids is 1. The second-order valence-electron chi connectivity index (χ2n) is 3.47. The van der Waals surface area contributed by atoms with E-state index in [2.05, 4.69) is 0 Å². The van der Waals surface area contributed by atoms with Gasteiger partial charge in [0.25, 0.3) is 0 Å². The summed E-state index contributed by atoms with van der Waals surface area (Å²) in [6.45, 7) is 0.0132. The van der Waals surface area contributed by atoms with Gasteiger partial charge >= 0.3 is 5.97 Å². The molecule has 1 aliphatic rings. The number of hydrogen-bond acceptors (Lipinski definition) is 2. The van der Waals surface area contributed by atoms with Gasteiger partial charge in [-0.05, 0) is 25.7 Å². The minimum Gasteiger partial charge on any atom is -0.481 e. The Labute approximate surface area is 82.9 Å². The van der Waals surface area contributed by atoms with Crippen molar-refractivity contribution in [2.75, 3.05) is 6.54 Å². The van der Waals surface area contributed by atoms with E-state index in [1.807, 2.05) is 0 Å². The van der Waals surface area contributed by atoms with Crippen molar-refractivity contribution in [2.24, 2.45) is 11.7 Å². The highest BCUT2D eigenvalue weighted by molar-refractivity contribution is 5.85. The molecule has 78 valence electrons. The Hall–Kier alpha value is -0.350. The van der Waals surface area contributed by atoms with Crippen LogP contribution in [-0.4, -0.2) is 23.3 Å². The lowest BCUT2D eigenvalue weighted by Gasteiger charge is -2.30. The first kappa shape index (κ1) is 12.7. The molecule has 3 N–H and O–H groups in total. The number of carbonyl (C=O) groups is 1. The molecule has 0 aromatic rings. The molecule has 0 aromatic carbocycles. The highest BCUT2D eigenvalue weighted by Gasteiger charge is 2.36. The SMILES string of the molecule is Cl.NCC1(F)CCC(C(=O)O)CC1. The normalized spacial score (nSPS) is 33.5. The molecule has 0 saturated heterocycles. The van der Waals surface area contributed by atoms with E-state index in [1.165, 1.54) is 0 Å². The van der Waals surface area contributed by atoms with Gasteiger partial charge in [0.05, 0.1) is 5.92 Å². The number of rotatable bonds is 2. The molecular weight excluding hydrogens is 197 g/mol. The summed E-state index contributed by atoms with van der Waals surface area (Å²) < 4.78 is 13.4. The van der Waals surface area contributed by atoms with Crippen molar-refractivity contribution in [3.63, 3.8) is 0 Å². The number of alkyl halides is 1. The molecule has 0 amide bonds. The van der Waals surface area contributed by atoms with Crippen molar-refractivity contribution in [1.29, 1.82) is 0 Å². The van der Waals surface area contributed by atoms with Gasteiger partial charge in [-0.1, -0.05) is 0 Å². The largest absolute Gasteiger partial charge is 0.481 e. The fourth-order valence-corrected chi connectivity index (χ4v) is 1.59. The van der Waals surface area contributed by atoms with Crippen LogP contribution in [0.2, 0.25) is 0 Å². The zero-order chi connectivity index (χ0) is 9.19. The molecule has 13 heavy (non-hydrogen) atoms. The van der Waals surface area contributed by atoms with Gasteiger partial charge in [0.2, 0.25) is 0 Å². The lowest BCUT2D eigenvalue weighted by Crippen LogP contribution is -2.38. The van der Waals surface area contributed by atoms with Gasteiger partial charge in [0.1, 0.15) is 5.67 Å². The van der Waals surface area contributed by atoms with Gasteiger partial charge < -0.3 is 10.8 Å². The van der Waals surface area contributed by atoms with Crippen molar-refractivity contribution in [2.45, 2.75) is 31.4 Å². The molecule has 0 heterocycles. The molecule has 0 atom stereocenters. The third-order valence-electron chi connectivity index (χ3n) is 2.60. The second-order valence-corrected chi connectivity index (χ2v) is 3.47. The van der Waals surface area contributed by atoms with Crippen molar-refractivity contribution in [3.8, 4) is 0 Å². The van der Waals surface area contributed by atoms with Gasteiger partial charge in [0, 0.05) is 6.54 Å². The molecule has 3 nitrogen and oxygen atoms in total. The monoisotopic (exact) mass is 211 g/mol. The Morgan fingerprint density at radius 2 is 2.00 bits per heavy atom. The maximum Gasteiger partial charge on any atom is 0.306 e. The molecule has 0 radical (unpaired) electrons. The van der Waals surface area contributed by atoms with E-state index in [0.717, 1.165) is 0 Å². The molecular formula is C8H15ClFNO2. The van der Waals surface area contributed by atoms with Crippen molar-refractivity contribution in [1.82, 2.24) is 0 Å². The van der Waals surface area contributed by atoms with Gasteiger partial charge in [-0.25, -0.2) is 4.39 Å². The number of hydrogen-bond donors (Lipinski definition) is 2. The summed E-state index contributed by atoms with van der Waals surface area (Å²) in [6, 6.07) is 0. The van der Waals surface area contributed by atoms with E-state index in [4.69, 9.17) is 10.8 Å². The summed E-state index contributed by atoms with van der Waals surface area (Å²) >= 11 is 0. The lowest BCUT2D eigenvalue weighted by molar-refractivity contribution is -0.143. The Balaban J connectivity index is 0.00000144. The zero-order valence-corrected chi connectivity index (χ0v) is 8.15. The second kappa shape index (κ2) is 4.77. The standard InChI is InChI=1S/C8H14FNO2.ClH/c9-8(5-10)3-1-6(2-4-8)7(11)12;/h6H,1-5,10H2,(H,11,12);1H. The smallest absolute Gasteiger partial charge is 0.306 e. The molecule has 0 aromatic heterocycles. The Morgan fingerprint density at radius 1 is 1.54 bits per heavy atom. The molecule has 0 bridgehead atoms. The van der Waals surface area contributed by atoms with Gasteiger partial charge in [0.15, 0.2) is 0 Å². The molecule has 1 fully saturated rings. The van der Waals surface area contributed by atoms with Gasteiger partial charge in [-0.2, -0.15) is 0 Å². The van der Waals surface area contributed by atoms with Crippen LogP contribution in [0.25, 0.3) is 0 Å². The number of nitrogens with two attached hydrogens (primary N) is 1. The summed E-state index contributed by atoms with van der Waals surface area (Å²) in [5, 5.41) is 8.63. The van der Waals surface area contributed by atoms with E-state index in [1.54, 1.807) is 0 Å². The maximum atomic E-state index is 13.4. The Bertz CT molecular complexity index is 181. The fourth-order valence-electron chi connectivity index (χ4n) is 1.59. The molecule has 0 aliphatic heterocycles. The van der Waals surface area contributed by atoms with Crippen LogP contribution in [0.3, 0.4) is 0 Å². The minimum absolute atomic E-state index is 0. The topological polar surface area (TPSA) is 63.3 Å². The van der Waals surface area contributed by atoms with Crippen LogP contribution in [0.15, 0.2) is 0 Å². The summed E-state index contributed by atoms with van der Waals surface area (Å²) in [5.41, 5.74) is 3.94. The molecule has 1 saturated carbocycles. The molecule has 5 heteroatoms. The maximum absolute atomic E-state index is 13.4. The third-order valence-corrected chi connectivity index (χ3v) is 2.60. The van der Waals surface area contributed by atoms with E-state index >= 15 is 0 Å². The predicted molar refractivity (Wildman–Crippen MR) is 49.7 cm³/mol. The summed E-state index contributed by atoms with van der Waals surface area (Å²) in [6.07, 6.45) is 1.42. The minimum atomic E-state index is -1.30. The van der Waals surface area contributed by atoms with Crippen LogP contribution in [-0.2, 0) is 4.79 Å². The summed E-state index contributed by atoms with van der Waals surface area (Å²) in [4.78, 5) is 10.5. The number of halogens is 2. The van der Waals surface area contributed by atoms with E-state index in [-0.39, 0.29) is 24.9 Å². The summed E-state index contributed by atoms with van der Waals surface area (Å²) in [7, 11) is 0. The van der Waals surface area contributed by atoms with Gasteiger partial charge in [-0.3, -0.25) is 4.79 Å². The first-order chi connectivity index (χ1) is 5.57. The zero-order valence-electron chi connectivity index (χ0n) is 7.33. The van der Waals surface area contributed by atoms with Crippen molar-refractivity contribution >= 4 is 18.4 Å². The highest BCUT2D eigenvalue weighted by Crippen LogP contribution is 2.34. The fraction of sp³-hybridized carbons (Fsp3) is 0.875. The van der Waals surface area contributed by atoms with Crippen LogP contribution < -0.4 is 5.73 Å². The van der Waals surface area contributed by atoms with Crippen LogP contribution in [0.5, 0.6) is 0 Å². The predicted octanol–water partition coefficient (Wildman–Crippen LogP) is 1.35. The highest BCUT2D eigenvalue weighted by atomic mass is 35.5. The van der Waals surface area contributed by atoms with Crippen molar-refractivity contribution in [3.05, 3.63) is 0 Å². The van der Waals surface area contributed by atoms with Gasteiger partial charge in [-0.15, -0.1) is 12.4 Å². The van der Waals surface area contributed by atoms with Crippen LogP contribution in [0, 0.1) is 5.92 Å². The van der Waals surface area contributed by atoms with Crippen LogP contribution in [0.4, 0.5) is 4.39 Å². The molecule has 0 unspecified atom stereocenters. The first-order valence-corrected chi connectivity index (χ1v) is 4.19. The van der Waals surface area contributed by atoms with E-state index in [0.29, 0.717) is 25.7 Å². The van der Waals surface area contributed by atoms with E-state index < -0.39 is 11.6 Å². The number of carboxylic acids is 1. The summed E-state index contributed by atoms with van der Waals surface area (Å²) in [5.74, 6) is -1.17. The van der Waals surface area contributed by atoms with E-state index in [9.17, 15) is 9.18 Å². The molecule has 1 aliphatic carbocycles. The third kappa shape index (κ3) is 3.12. The quantitative estimate of drug-likeness (QED) is 0.725. The lowest BCUT2D eigenvalue weighted by atomic mass is 9.80. The molecule has 1 rings (SSSR count). The average Bonchev–Trinajstić information content (AvgIpc) is 2.05. The Morgan fingerprint density at radius 3 is 2.31 bits per heavy atom.